The molecule has 1 aliphatic heterocycles. The van der Waals surface area contributed by atoms with Gasteiger partial charge in [0.25, 0.3) is 5.91 Å². The summed E-state index contributed by atoms with van der Waals surface area (Å²) < 4.78 is 21.3. The molecule has 1 aromatic heterocycles. The summed E-state index contributed by atoms with van der Waals surface area (Å²) >= 11 is 0. The van der Waals surface area contributed by atoms with E-state index in [4.69, 9.17) is 18.9 Å². The molecule has 8 heteroatoms. The highest BCUT2D eigenvalue weighted by Gasteiger charge is 2.20. The average molecular weight is 381 g/mol. The number of amides is 1. The number of ether oxygens (including phenoxy) is 4. The summed E-state index contributed by atoms with van der Waals surface area (Å²) in [7, 11) is 3.07. The standard InChI is InChI=1S/C20H19N3O5/c1-11-18(21-20(24)13-6-14(25-2)9-15(7-13)26-3)19(23-22-11)12-4-5-16-17(8-12)28-10-27-16/h4-9H,10H2,1-3H3,(H,21,24)(H,22,23). The summed E-state index contributed by atoms with van der Waals surface area (Å²) in [4.78, 5) is 12.9. The number of benzene rings is 2. The number of carbonyl (C=O) groups excluding carboxylic acids is 1. The first-order valence-corrected chi connectivity index (χ1v) is 8.58. The maximum Gasteiger partial charge on any atom is 0.256 e. The van der Waals surface area contributed by atoms with Gasteiger partial charge in [-0.15, -0.1) is 0 Å². The zero-order chi connectivity index (χ0) is 19.7. The topological polar surface area (TPSA) is 94.7 Å². The number of nitrogens with one attached hydrogen (secondary N) is 2. The number of methoxy groups -OCH3 is 2. The highest BCUT2D eigenvalue weighted by atomic mass is 16.7. The average Bonchev–Trinajstić information content (AvgIpc) is 3.33. The number of anilines is 1. The van der Waals surface area contributed by atoms with E-state index >= 15 is 0 Å². The first kappa shape index (κ1) is 17.7. The van der Waals surface area contributed by atoms with Crippen molar-refractivity contribution >= 4 is 11.6 Å². The van der Waals surface area contributed by atoms with Gasteiger partial charge in [0.1, 0.15) is 17.2 Å². The minimum absolute atomic E-state index is 0.194. The lowest BCUT2D eigenvalue weighted by molar-refractivity contribution is 0.102. The minimum atomic E-state index is -0.302. The number of hydrogen-bond donors (Lipinski definition) is 2. The summed E-state index contributed by atoms with van der Waals surface area (Å²) in [6.07, 6.45) is 0. The van der Waals surface area contributed by atoms with Crippen LogP contribution in [-0.4, -0.2) is 37.1 Å². The molecule has 4 rings (SSSR count). The Morgan fingerprint density at radius 1 is 1.07 bits per heavy atom. The van der Waals surface area contributed by atoms with Gasteiger partial charge in [-0.25, -0.2) is 0 Å². The fourth-order valence-electron chi connectivity index (χ4n) is 2.96. The number of nitrogens with zero attached hydrogens (tertiary/aromatic N) is 1. The fraction of sp³-hybridized carbons (Fsp3) is 0.200. The van der Waals surface area contributed by atoms with E-state index in [1.165, 1.54) is 14.2 Å². The van der Waals surface area contributed by atoms with Gasteiger partial charge in [0.05, 0.1) is 25.6 Å². The Hall–Kier alpha value is -3.68. The second kappa shape index (κ2) is 7.15. The van der Waals surface area contributed by atoms with E-state index in [2.05, 4.69) is 15.5 Å². The van der Waals surface area contributed by atoms with Crippen molar-refractivity contribution < 1.29 is 23.7 Å². The van der Waals surface area contributed by atoms with Crippen molar-refractivity contribution in [1.29, 1.82) is 0 Å². The van der Waals surface area contributed by atoms with E-state index in [9.17, 15) is 4.79 Å². The molecule has 1 aliphatic rings. The Morgan fingerprint density at radius 2 is 1.79 bits per heavy atom. The number of carbonyl (C=O) groups is 1. The Labute approximate surface area is 161 Å². The van der Waals surface area contributed by atoms with Crippen molar-refractivity contribution in [1.82, 2.24) is 10.2 Å². The van der Waals surface area contributed by atoms with Gasteiger partial charge < -0.3 is 24.3 Å². The molecule has 0 saturated heterocycles. The molecule has 0 spiro atoms. The molecule has 1 amide bonds. The molecular weight excluding hydrogens is 362 g/mol. The van der Waals surface area contributed by atoms with E-state index in [0.29, 0.717) is 39.9 Å². The summed E-state index contributed by atoms with van der Waals surface area (Å²) in [5.41, 5.74) is 3.14. The maximum atomic E-state index is 12.9. The van der Waals surface area contributed by atoms with Crippen LogP contribution >= 0.6 is 0 Å². The van der Waals surface area contributed by atoms with Crippen LogP contribution in [0.2, 0.25) is 0 Å². The molecule has 3 aromatic rings. The van der Waals surface area contributed by atoms with Crippen LogP contribution in [0.4, 0.5) is 5.69 Å². The number of aromatic amines is 1. The largest absolute Gasteiger partial charge is 0.497 e. The predicted octanol–water partition coefficient (Wildman–Crippen LogP) is 3.38. The van der Waals surface area contributed by atoms with Gasteiger partial charge in [-0.05, 0) is 37.3 Å². The van der Waals surface area contributed by atoms with Crippen LogP contribution in [0.3, 0.4) is 0 Å². The smallest absolute Gasteiger partial charge is 0.256 e. The van der Waals surface area contributed by atoms with E-state index in [0.717, 1.165) is 11.3 Å². The van der Waals surface area contributed by atoms with Crippen LogP contribution in [-0.2, 0) is 0 Å². The van der Waals surface area contributed by atoms with Crippen molar-refractivity contribution in [2.45, 2.75) is 6.92 Å². The molecule has 8 nitrogen and oxygen atoms in total. The molecule has 144 valence electrons. The fourth-order valence-corrected chi connectivity index (χ4v) is 2.96. The molecule has 2 aromatic carbocycles. The summed E-state index contributed by atoms with van der Waals surface area (Å²) in [6, 6.07) is 10.5. The zero-order valence-corrected chi connectivity index (χ0v) is 15.7. The van der Waals surface area contributed by atoms with Crippen LogP contribution in [0.5, 0.6) is 23.0 Å². The summed E-state index contributed by atoms with van der Waals surface area (Å²) in [5, 5.41) is 10.2. The van der Waals surface area contributed by atoms with E-state index in [-0.39, 0.29) is 12.7 Å². The van der Waals surface area contributed by atoms with E-state index < -0.39 is 0 Å². The third kappa shape index (κ3) is 3.20. The monoisotopic (exact) mass is 381 g/mol. The second-order valence-electron chi connectivity index (χ2n) is 6.20. The van der Waals surface area contributed by atoms with Gasteiger partial charge in [0, 0.05) is 17.2 Å². The van der Waals surface area contributed by atoms with Crippen molar-refractivity contribution in [3.63, 3.8) is 0 Å². The molecule has 0 bridgehead atoms. The second-order valence-corrected chi connectivity index (χ2v) is 6.20. The lowest BCUT2D eigenvalue weighted by Crippen LogP contribution is -2.13. The highest BCUT2D eigenvalue weighted by molar-refractivity contribution is 6.06. The van der Waals surface area contributed by atoms with Gasteiger partial charge in [-0.1, -0.05) is 0 Å². The maximum absolute atomic E-state index is 12.9. The number of hydrogen-bond acceptors (Lipinski definition) is 6. The van der Waals surface area contributed by atoms with Crippen LogP contribution in [0, 0.1) is 6.92 Å². The molecule has 0 atom stereocenters. The number of rotatable bonds is 5. The van der Waals surface area contributed by atoms with Crippen molar-refractivity contribution in [2.24, 2.45) is 0 Å². The van der Waals surface area contributed by atoms with Gasteiger partial charge >= 0.3 is 0 Å². The molecule has 28 heavy (non-hydrogen) atoms. The first-order valence-electron chi connectivity index (χ1n) is 8.58. The van der Waals surface area contributed by atoms with Gasteiger partial charge in [0.2, 0.25) is 6.79 Å². The van der Waals surface area contributed by atoms with Crippen molar-refractivity contribution in [2.75, 3.05) is 26.3 Å². The molecule has 2 heterocycles. The Kier molecular flexibility index (Phi) is 4.52. The number of aromatic nitrogens is 2. The van der Waals surface area contributed by atoms with Crippen LogP contribution in [0.25, 0.3) is 11.3 Å². The molecule has 0 radical (unpaired) electrons. The predicted molar refractivity (Wildman–Crippen MR) is 102 cm³/mol. The minimum Gasteiger partial charge on any atom is -0.497 e. The SMILES string of the molecule is COc1cc(OC)cc(C(=O)Nc2c(-c3ccc4c(c3)OCO4)n[nH]c2C)c1. The molecule has 0 saturated carbocycles. The number of fused-ring (bicyclic) bond motifs is 1. The summed E-state index contributed by atoms with van der Waals surface area (Å²) in [5.74, 6) is 2.09. The van der Waals surface area contributed by atoms with Gasteiger partial charge in [0.15, 0.2) is 11.5 Å². The lowest BCUT2D eigenvalue weighted by Gasteiger charge is -2.10. The summed E-state index contributed by atoms with van der Waals surface area (Å²) in [6.45, 7) is 2.03. The molecule has 0 fully saturated rings. The molecule has 0 aliphatic carbocycles. The molecule has 2 N–H and O–H groups in total. The van der Waals surface area contributed by atoms with E-state index in [1.54, 1.807) is 18.2 Å². The molecular formula is C20H19N3O5. The quantitative estimate of drug-likeness (QED) is 0.704. The first-order chi connectivity index (χ1) is 13.6. The Balaban J connectivity index is 1.66. The Bertz CT molecular complexity index is 1020. The zero-order valence-electron chi connectivity index (χ0n) is 15.7. The van der Waals surface area contributed by atoms with Crippen LogP contribution < -0.4 is 24.3 Å². The third-order valence-electron chi connectivity index (χ3n) is 4.45. The normalized spacial score (nSPS) is 12.0. The third-order valence-corrected chi connectivity index (χ3v) is 4.45. The van der Waals surface area contributed by atoms with Crippen molar-refractivity contribution in [3.8, 4) is 34.3 Å². The van der Waals surface area contributed by atoms with Gasteiger partial charge in [-0.3, -0.25) is 9.89 Å². The van der Waals surface area contributed by atoms with Gasteiger partial charge in [-0.2, -0.15) is 5.10 Å². The van der Waals surface area contributed by atoms with E-state index in [1.807, 2.05) is 25.1 Å². The van der Waals surface area contributed by atoms with Crippen LogP contribution in [0.1, 0.15) is 16.1 Å². The van der Waals surface area contributed by atoms with Crippen molar-refractivity contribution in [3.05, 3.63) is 47.7 Å². The number of aryl methyl sites for hydroxylation is 1. The lowest BCUT2D eigenvalue weighted by atomic mass is 10.1. The number of H-pyrrole nitrogens is 1. The highest BCUT2D eigenvalue weighted by Crippen LogP contribution is 2.38. The van der Waals surface area contributed by atoms with Crippen LogP contribution in [0.15, 0.2) is 36.4 Å². The molecule has 0 unspecified atom stereocenters. The Morgan fingerprint density at radius 3 is 2.50 bits per heavy atom.